The molecule has 1 atom stereocenters. The molecule has 0 spiro atoms. The molecule has 1 amide bonds. The van der Waals surface area contributed by atoms with Gasteiger partial charge in [-0.05, 0) is 43.2 Å². The topological polar surface area (TPSA) is 106 Å². The lowest BCUT2D eigenvalue weighted by atomic mass is 10.1. The first-order valence-electron chi connectivity index (χ1n) is 9.23. The van der Waals surface area contributed by atoms with Crippen molar-refractivity contribution in [2.75, 3.05) is 13.2 Å². The average molecular weight is 417 g/mol. The molecule has 0 radical (unpaired) electrons. The van der Waals surface area contributed by atoms with Gasteiger partial charge in [0.2, 0.25) is 16.1 Å². The van der Waals surface area contributed by atoms with Crippen LogP contribution in [0.1, 0.15) is 25.8 Å². The summed E-state index contributed by atoms with van der Waals surface area (Å²) < 4.78 is 37.9. The predicted molar refractivity (Wildman–Crippen MR) is 109 cm³/mol. The molecule has 0 bridgehead atoms. The molecular formula is C20H23N3O5S. The van der Waals surface area contributed by atoms with E-state index in [0.717, 1.165) is 0 Å². The Balaban J connectivity index is 1.62. The Morgan fingerprint density at radius 3 is 2.52 bits per heavy atom. The third-order valence-corrected chi connectivity index (χ3v) is 5.74. The summed E-state index contributed by atoms with van der Waals surface area (Å²) >= 11 is 0. The fraction of sp³-hybridized carbons (Fsp3) is 0.300. The van der Waals surface area contributed by atoms with E-state index < -0.39 is 22.0 Å². The second-order valence-electron chi connectivity index (χ2n) is 6.46. The summed E-state index contributed by atoms with van der Waals surface area (Å²) in [7, 11) is -3.52. The molecule has 8 nitrogen and oxygen atoms in total. The van der Waals surface area contributed by atoms with Gasteiger partial charge in [-0.1, -0.05) is 31.2 Å². The van der Waals surface area contributed by atoms with E-state index in [1.807, 2.05) is 13.0 Å². The van der Waals surface area contributed by atoms with Crippen LogP contribution in [0.4, 0.5) is 0 Å². The first-order chi connectivity index (χ1) is 13.9. The fourth-order valence-electron chi connectivity index (χ4n) is 2.62. The maximum atomic E-state index is 12.3. The van der Waals surface area contributed by atoms with Crippen LogP contribution in [0.25, 0.3) is 0 Å². The molecule has 2 aromatic rings. The lowest BCUT2D eigenvalue weighted by molar-refractivity contribution is -0.130. The SMILES string of the molecule is CCCNS(=O)(=O)c1ccc(/C(C)=N\NC(=O)[C@@H]2COc3ccccc3O2)cc1. The second-order valence-corrected chi connectivity index (χ2v) is 8.23. The van der Waals surface area contributed by atoms with Crippen LogP contribution in [0, 0.1) is 0 Å². The fourth-order valence-corrected chi connectivity index (χ4v) is 3.75. The Hall–Kier alpha value is -2.91. The van der Waals surface area contributed by atoms with E-state index in [2.05, 4.69) is 15.2 Å². The summed E-state index contributed by atoms with van der Waals surface area (Å²) in [4.78, 5) is 12.5. The van der Waals surface area contributed by atoms with Gasteiger partial charge in [0.05, 0.1) is 10.6 Å². The van der Waals surface area contributed by atoms with Crippen LogP contribution in [0.3, 0.4) is 0 Å². The summed E-state index contributed by atoms with van der Waals surface area (Å²) in [5.41, 5.74) is 3.68. The van der Waals surface area contributed by atoms with E-state index in [1.54, 1.807) is 37.3 Å². The highest BCUT2D eigenvalue weighted by atomic mass is 32.2. The van der Waals surface area contributed by atoms with Crippen molar-refractivity contribution in [2.45, 2.75) is 31.3 Å². The number of ether oxygens (including phenoxy) is 2. The number of rotatable bonds is 7. The highest BCUT2D eigenvalue weighted by molar-refractivity contribution is 7.89. The quantitative estimate of drug-likeness (QED) is 0.530. The standard InChI is InChI=1S/C20H23N3O5S/c1-3-12-21-29(25,26)16-10-8-15(9-11-16)14(2)22-23-20(24)19-13-27-17-6-4-5-7-18(17)28-19/h4-11,19,21H,3,12-13H2,1-2H3,(H,23,24)/b22-14-/t19-/m0/s1. The number of carbonyl (C=O) groups excluding carboxylic acids is 1. The molecule has 9 heteroatoms. The van der Waals surface area contributed by atoms with E-state index in [1.165, 1.54) is 12.1 Å². The third kappa shape index (κ3) is 5.12. The van der Waals surface area contributed by atoms with Gasteiger partial charge < -0.3 is 9.47 Å². The van der Waals surface area contributed by atoms with Crippen LogP contribution >= 0.6 is 0 Å². The van der Waals surface area contributed by atoms with Crippen LogP contribution in [0.2, 0.25) is 0 Å². The van der Waals surface area contributed by atoms with Gasteiger partial charge in [0.1, 0.15) is 6.61 Å². The average Bonchev–Trinajstić information content (AvgIpc) is 2.75. The molecule has 29 heavy (non-hydrogen) atoms. The van der Waals surface area contributed by atoms with Crippen molar-refractivity contribution < 1.29 is 22.7 Å². The van der Waals surface area contributed by atoms with Crippen LogP contribution in [0.15, 0.2) is 58.5 Å². The summed E-state index contributed by atoms with van der Waals surface area (Å²) in [5.74, 6) is 0.676. The summed E-state index contributed by atoms with van der Waals surface area (Å²) in [6, 6.07) is 13.4. The highest BCUT2D eigenvalue weighted by Crippen LogP contribution is 2.30. The van der Waals surface area contributed by atoms with Gasteiger partial charge in [-0.3, -0.25) is 4.79 Å². The summed E-state index contributed by atoms with van der Waals surface area (Å²) in [6.07, 6.45) is -0.0944. The lowest BCUT2D eigenvalue weighted by Crippen LogP contribution is -2.42. The Morgan fingerprint density at radius 2 is 1.83 bits per heavy atom. The van der Waals surface area contributed by atoms with Crippen molar-refractivity contribution in [3.63, 3.8) is 0 Å². The highest BCUT2D eigenvalue weighted by Gasteiger charge is 2.27. The number of hydrazone groups is 1. The van der Waals surface area contributed by atoms with Crippen molar-refractivity contribution in [2.24, 2.45) is 5.10 Å². The molecule has 2 N–H and O–H groups in total. The normalized spacial score (nSPS) is 16.3. The molecule has 2 aromatic carbocycles. The number of hydrogen-bond acceptors (Lipinski definition) is 6. The molecule has 1 aliphatic rings. The number of carbonyl (C=O) groups is 1. The predicted octanol–water partition coefficient (Wildman–Crippen LogP) is 2.06. The second kappa shape index (κ2) is 9.06. The maximum absolute atomic E-state index is 12.3. The van der Waals surface area contributed by atoms with Gasteiger partial charge in [0, 0.05) is 6.54 Å². The van der Waals surface area contributed by atoms with Crippen LogP contribution in [0.5, 0.6) is 11.5 Å². The molecule has 1 aliphatic heterocycles. The summed E-state index contributed by atoms with van der Waals surface area (Å²) in [5, 5.41) is 4.08. The summed E-state index contributed by atoms with van der Waals surface area (Å²) in [6.45, 7) is 4.08. The number of nitrogens with one attached hydrogen (secondary N) is 2. The number of amides is 1. The van der Waals surface area contributed by atoms with Crippen LogP contribution in [-0.2, 0) is 14.8 Å². The molecule has 0 saturated heterocycles. The molecule has 0 saturated carbocycles. The van der Waals surface area contributed by atoms with Crippen molar-refractivity contribution in [1.29, 1.82) is 0 Å². The number of benzene rings is 2. The van der Waals surface area contributed by atoms with Crippen LogP contribution in [-0.4, -0.2) is 39.3 Å². The monoisotopic (exact) mass is 417 g/mol. The minimum absolute atomic E-state index is 0.0920. The van der Waals surface area contributed by atoms with Crippen molar-refractivity contribution in [1.82, 2.24) is 10.1 Å². The van der Waals surface area contributed by atoms with E-state index >= 15 is 0 Å². The lowest BCUT2D eigenvalue weighted by Gasteiger charge is -2.24. The van der Waals surface area contributed by atoms with E-state index in [4.69, 9.17) is 9.47 Å². The number of para-hydroxylation sites is 2. The van der Waals surface area contributed by atoms with E-state index in [0.29, 0.717) is 35.7 Å². The zero-order valence-corrected chi connectivity index (χ0v) is 17.0. The molecule has 3 rings (SSSR count). The van der Waals surface area contributed by atoms with Crippen LogP contribution < -0.4 is 19.6 Å². The van der Waals surface area contributed by atoms with Gasteiger partial charge in [-0.15, -0.1) is 0 Å². The Morgan fingerprint density at radius 1 is 1.14 bits per heavy atom. The Bertz CT molecular complexity index is 1000. The third-order valence-electron chi connectivity index (χ3n) is 4.26. The minimum Gasteiger partial charge on any atom is -0.485 e. The maximum Gasteiger partial charge on any atom is 0.284 e. The molecule has 0 fully saturated rings. The largest absolute Gasteiger partial charge is 0.485 e. The van der Waals surface area contributed by atoms with Crippen molar-refractivity contribution in [3.05, 3.63) is 54.1 Å². The number of sulfonamides is 1. The molecule has 0 unspecified atom stereocenters. The van der Waals surface area contributed by atoms with Gasteiger partial charge in [0.25, 0.3) is 5.91 Å². The van der Waals surface area contributed by atoms with E-state index in [-0.39, 0.29) is 11.5 Å². The number of nitrogens with zero attached hydrogens (tertiary/aromatic N) is 1. The van der Waals surface area contributed by atoms with Crippen molar-refractivity contribution >= 4 is 21.6 Å². The Kier molecular flexibility index (Phi) is 6.50. The first-order valence-corrected chi connectivity index (χ1v) is 10.7. The van der Waals surface area contributed by atoms with Gasteiger partial charge >= 0.3 is 0 Å². The number of fused-ring (bicyclic) bond motifs is 1. The molecular weight excluding hydrogens is 394 g/mol. The zero-order chi connectivity index (χ0) is 20.9. The minimum atomic E-state index is -3.52. The molecule has 0 aliphatic carbocycles. The Labute approximate surface area is 170 Å². The first kappa shape index (κ1) is 20.8. The van der Waals surface area contributed by atoms with Gasteiger partial charge in [0.15, 0.2) is 11.5 Å². The van der Waals surface area contributed by atoms with E-state index in [9.17, 15) is 13.2 Å². The zero-order valence-electron chi connectivity index (χ0n) is 16.2. The molecule has 1 heterocycles. The van der Waals surface area contributed by atoms with Crippen molar-refractivity contribution in [3.8, 4) is 11.5 Å². The van der Waals surface area contributed by atoms with Gasteiger partial charge in [-0.2, -0.15) is 5.10 Å². The smallest absolute Gasteiger partial charge is 0.284 e. The van der Waals surface area contributed by atoms with Gasteiger partial charge in [-0.25, -0.2) is 18.6 Å². The molecule has 154 valence electrons. The molecule has 0 aromatic heterocycles. The number of hydrogen-bond donors (Lipinski definition) is 2.